The highest BCUT2D eigenvalue weighted by Gasteiger charge is 2.05. The monoisotopic (exact) mass is 192 g/mol. The molecule has 0 amide bonds. The summed E-state index contributed by atoms with van der Waals surface area (Å²) in [4.78, 5) is 7.52. The molecule has 0 fully saturated rings. The van der Waals surface area contributed by atoms with Gasteiger partial charge >= 0.3 is 0 Å². The maximum Gasteiger partial charge on any atom is 0.239 e. The Bertz CT molecular complexity index is 464. The van der Waals surface area contributed by atoms with Crippen LogP contribution < -0.4 is 5.73 Å². The van der Waals surface area contributed by atoms with Crippen LogP contribution in [0.2, 0.25) is 0 Å². The summed E-state index contributed by atoms with van der Waals surface area (Å²) in [5.74, 6) is -0.425. The molecule has 72 valence electrons. The van der Waals surface area contributed by atoms with Gasteiger partial charge in [0, 0.05) is 6.20 Å². The first-order valence-electron chi connectivity index (χ1n) is 4.10. The van der Waals surface area contributed by atoms with Crippen molar-refractivity contribution in [2.75, 3.05) is 5.73 Å². The van der Waals surface area contributed by atoms with Crippen molar-refractivity contribution in [2.45, 2.75) is 6.92 Å². The van der Waals surface area contributed by atoms with Crippen molar-refractivity contribution in [3.63, 3.8) is 0 Å². The molecule has 0 radical (unpaired) electrons. The van der Waals surface area contributed by atoms with Gasteiger partial charge in [-0.1, -0.05) is 0 Å². The Kier molecular flexibility index (Phi) is 1.92. The third kappa shape index (κ3) is 1.44. The van der Waals surface area contributed by atoms with Crippen LogP contribution in [0.5, 0.6) is 0 Å². The highest BCUT2D eigenvalue weighted by atomic mass is 19.1. The van der Waals surface area contributed by atoms with Crippen molar-refractivity contribution in [2.24, 2.45) is 0 Å². The summed E-state index contributed by atoms with van der Waals surface area (Å²) in [5, 5.41) is 0. The summed E-state index contributed by atoms with van der Waals surface area (Å²) in [6, 6.07) is 3.12. The summed E-state index contributed by atoms with van der Waals surface area (Å²) in [7, 11) is 0. The van der Waals surface area contributed by atoms with Crippen LogP contribution in [-0.4, -0.2) is 14.5 Å². The standard InChI is InChI=1S/C9H9FN4/c1-6-4-14(5-12-6)7-2-3-8(11)13-9(7)10/h2-5H,1H3,(H2,11,13). The molecule has 0 spiro atoms. The van der Waals surface area contributed by atoms with Gasteiger partial charge in [-0.3, -0.25) is 0 Å². The molecule has 0 aliphatic rings. The summed E-state index contributed by atoms with van der Waals surface area (Å²) >= 11 is 0. The maximum absolute atomic E-state index is 13.3. The Morgan fingerprint density at radius 2 is 2.21 bits per heavy atom. The number of aromatic nitrogens is 3. The SMILES string of the molecule is Cc1cn(-c2ccc(N)nc2F)cn1. The van der Waals surface area contributed by atoms with Gasteiger partial charge in [0.05, 0.1) is 12.0 Å². The number of rotatable bonds is 1. The second kappa shape index (κ2) is 3.10. The minimum Gasteiger partial charge on any atom is -0.384 e. The number of hydrogen-bond donors (Lipinski definition) is 1. The van der Waals surface area contributed by atoms with Crippen LogP contribution in [0.15, 0.2) is 24.7 Å². The number of nitrogen functional groups attached to an aromatic ring is 1. The van der Waals surface area contributed by atoms with E-state index in [4.69, 9.17) is 5.73 Å². The van der Waals surface area contributed by atoms with E-state index in [-0.39, 0.29) is 5.82 Å². The molecule has 0 unspecified atom stereocenters. The molecule has 0 saturated heterocycles. The molecule has 2 aromatic heterocycles. The topological polar surface area (TPSA) is 56.7 Å². The van der Waals surface area contributed by atoms with Gasteiger partial charge in [0.15, 0.2) is 0 Å². The smallest absolute Gasteiger partial charge is 0.239 e. The quantitative estimate of drug-likeness (QED) is 0.693. The van der Waals surface area contributed by atoms with E-state index in [1.54, 1.807) is 22.9 Å². The fourth-order valence-electron chi connectivity index (χ4n) is 1.19. The molecule has 0 bridgehead atoms. The molecule has 2 N–H and O–H groups in total. The van der Waals surface area contributed by atoms with Gasteiger partial charge in [-0.2, -0.15) is 4.39 Å². The Morgan fingerprint density at radius 3 is 2.79 bits per heavy atom. The van der Waals surface area contributed by atoms with E-state index in [2.05, 4.69) is 9.97 Å². The Hall–Kier alpha value is -1.91. The molecule has 0 atom stereocenters. The van der Waals surface area contributed by atoms with Crippen LogP contribution in [0, 0.1) is 12.9 Å². The van der Waals surface area contributed by atoms with Crippen LogP contribution in [0.4, 0.5) is 10.2 Å². The van der Waals surface area contributed by atoms with E-state index in [9.17, 15) is 4.39 Å². The third-order valence-corrected chi connectivity index (χ3v) is 1.84. The van der Waals surface area contributed by atoms with Crippen LogP contribution >= 0.6 is 0 Å². The lowest BCUT2D eigenvalue weighted by molar-refractivity contribution is 0.577. The molecule has 0 aliphatic carbocycles. The first kappa shape index (κ1) is 8.68. The summed E-state index contributed by atoms with van der Waals surface area (Å²) in [6.07, 6.45) is 3.25. The molecule has 4 nitrogen and oxygen atoms in total. The van der Waals surface area contributed by atoms with Gasteiger partial charge in [0.2, 0.25) is 5.95 Å². The van der Waals surface area contributed by atoms with Gasteiger partial charge in [-0.15, -0.1) is 0 Å². The number of imidazole rings is 1. The average Bonchev–Trinajstić information content (AvgIpc) is 2.51. The molecule has 0 aliphatic heterocycles. The Morgan fingerprint density at radius 1 is 1.43 bits per heavy atom. The number of nitrogens with two attached hydrogens (primary N) is 1. The van der Waals surface area contributed by atoms with Crippen molar-refractivity contribution < 1.29 is 4.39 Å². The van der Waals surface area contributed by atoms with Gasteiger partial charge < -0.3 is 10.3 Å². The second-order valence-electron chi connectivity index (χ2n) is 2.97. The van der Waals surface area contributed by atoms with Crippen molar-refractivity contribution in [1.29, 1.82) is 0 Å². The zero-order valence-electron chi connectivity index (χ0n) is 7.61. The number of pyridine rings is 1. The molecular formula is C9H9FN4. The molecule has 0 saturated carbocycles. The number of nitrogens with zero attached hydrogens (tertiary/aromatic N) is 3. The van der Waals surface area contributed by atoms with Crippen LogP contribution in [0.25, 0.3) is 5.69 Å². The third-order valence-electron chi connectivity index (χ3n) is 1.84. The van der Waals surface area contributed by atoms with Crippen molar-refractivity contribution >= 4 is 5.82 Å². The minimum atomic E-state index is -0.595. The highest BCUT2D eigenvalue weighted by molar-refractivity contribution is 5.38. The lowest BCUT2D eigenvalue weighted by atomic mass is 10.4. The average molecular weight is 192 g/mol. The fraction of sp³-hybridized carbons (Fsp3) is 0.111. The minimum absolute atomic E-state index is 0.170. The van der Waals surface area contributed by atoms with Crippen molar-refractivity contribution in [3.8, 4) is 5.69 Å². The molecule has 2 heterocycles. The number of halogens is 1. The lowest BCUT2D eigenvalue weighted by Crippen LogP contribution is -2.00. The summed E-state index contributed by atoms with van der Waals surface area (Å²) < 4.78 is 14.9. The van der Waals surface area contributed by atoms with E-state index in [1.807, 2.05) is 6.92 Å². The van der Waals surface area contributed by atoms with Crippen LogP contribution in [-0.2, 0) is 0 Å². The zero-order chi connectivity index (χ0) is 10.1. The second-order valence-corrected chi connectivity index (χ2v) is 2.97. The van der Waals surface area contributed by atoms with E-state index in [1.165, 1.54) is 6.33 Å². The summed E-state index contributed by atoms with van der Waals surface area (Å²) in [6.45, 7) is 1.83. The lowest BCUT2D eigenvalue weighted by Gasteiger charge is -2.02. The normalized spacial score (nSPS) is 10.4. The molecule has 2 aromatic rings. The van der Waals surface area contributed by atoms with Crippen molar-refractivity contribution in [3.05, 3.63) is 36.3 Å². The van der Waals surface area contributed by atoms with Crippen molar-refractivity contribution in [1.82, 2.24) is 14.5 Å². The Balaban J connectivity index is 2.52. The molecule has 0 aromatic carbocycles. The molecule has 2 rings (SSSR count). The fourth-order valence-corrected chi connectivity index (χ4v) is 1.19. The predicted molar refractivity (Wildman–Crippen MR) is 50.5 cm³/mol. The molecular weight excluding hydrogens is 183 g/mol. The number of hydrogen-bond acceptors (Lipinski definition) is 3. The van der Waals surface area contributed by atoms with E-state index in [0.29, 0.717) is 5.69 Å². The molecule has 14 heavy (non-hydrogen) atoms. The van der Waals surface area contributed by atoms with E-state index < -0.39 is 5.95 Å². The van der Waals surface area contributed by atoms with E-state index in [0.717, 1.165) is 5.69 Å². The Labute approximate surface area is 80.2 Å². The predicted octanol–water partition coefficient (Wildman–Crippen LogP) is 1.30. The largest absolute Gasteiger partial charge is 0.384 e. The van der Waals surface area contributed by atoms with Crippen LogP contribution in [0.3, 0.4) is 0 Å². The van der Waals surface area contributed by atoms with Gasteiger partial charge in [0.1, 0.15) is 11.5 Å². The number of anilines is 1. The highest BCUT2D eigenvalue weighted by Crippen LogP contribution is 2.13. The first-order valence-corrected chi connectivity index (χ1v) is 4.10. The molecule has 5 heteroatoms. The van der Waals surface area contributed by atoms with Crippen LogP contribution in [0.1, 0.15) is 5.69 Å². The van der Waals surface area contributed by atoms with Gasteiger partial charge in [-0.05, 0) is 19.1 Å². The van der Waals surface area contributed by atoms with Gasteiger partial charge in [-0.25, -0.2) is 9.97 Å². The maximum atomic E-state index is 13.3. The van der Waals surface area contributed by atoms with Gasteiger partial charge in [0.25, 0.3) is 0 Å². The van der Waals surface area contributed by atoms with E-state index >= 15 is 0 Å². The summed E-state index contributed by atoms with van der Waals surface area (Å²) in [5.41, 5.74) is 6.50. The number of aryl methyl sites for hydroxylation is 1. The first-order chi connectivity index (χ1) is 6.66. The zero-order valence-corrected chi connectivity index (χ0v) is 7.61.